The smallest absolute Gasteiger partial charge is 0.322 e. The molecule has 1 aliphatic rings. The van der Waals surface area contributed by atoms with Crippen LogP contribution in [0.3, 0.4) is 0 Å². The van der Waals surface area contributed by atoms with Gasteiger partial charge < -0.3 is 19.9 Å². The third kappa shape index (κ3) is 3.74. The minimum Gasteiger partial charge on any atom is -0.495 e. The number of methoxy groups -OCH3 is 1. The molecule has 0 atom stereocenters. The molecule has 1 fully saturated rings. The number of hydrogen-bond donors (Lipinski definition) is 1. The molecule has 2 aromatic carbocycles. The van der Waals surface area contributed by atoms with Crippen LogP contribution in [0.4, 0.5) is 15.6 Å². The summed E-state index contributed by atoms with van der Waals surface area (Å²) in [6, 6.07) is 13.7. The lowest BCUT2D eigenvalue weighted by Gasteiger charge is -2.34. The second-order valence-corrected chi connectivity index (χ2v) is 8.27. The molecule has 1 saturated heterocycles. The lowest BCUT2D eigenvalue weighted by molar-refractivity contribution is 0.208. The lowest BCUT2D eigenvalue weighted by atomic mass is 10.3. The normalized spacial score (nSPS) is 14.4. The minimum atomic E-state index is -0.0990. The number of thiazole rings is 1. The van der Waals surface area contributed by atoms with Gasteiger partial charge in [-0.1, -0.05) is 29.5 Å². The van der Waals surface area contributed by atoms with Crippen LogP contribution in [0.2, 0.25) is 0 Å². The highest BCUT2D eigenvalue weighted by molar-refractivity contribution is 7.98. The maximum Gasteiger partial charge on any atom is 0.322 e. The number of benzene rings is 2. The van der Waals surface area contributed by atoms with Gasteiger partial charge in [-0.2, -0.15) is 0 Å². The zero-order chi connectivity index (χ0) is 19.5. The lowest BCUT2D eigenvalue weighted by Crippen LogP contribution is -2.50. The summed E-state index contributed by atoms with van der Waals surface area (Å²) in [5.74, 6) is 0.661. The Hall–Kier alpha value is -2.45. The van der Waals surface area contributed by atoms with Gasteiger partial charge in [0, 0.05) is 31.1 Å². The number of nitrogens with one attached hydrogen (secondary N) is 1. The van der Waals surface area contributed by atoms with Crippen LogP contribution in [0.1, 0.15) is 0 Å². The largest absolute Gasteiger partial charge is 0.495 e. The van der Waals surface area contributed by atoms with Gasteiger partial charge in [0.25, 0.3) is 0 Å². The van der Waals surface area contributed by atoms with Gasteiger partial charge in [-0.05, 0) is 30.5 Å². The highest BCUT2D eigenvalue weighted by Crippen LogP contribution is 2.34. The molecule has 4 rings (SSSR count). The Morgan fingerprint density at radius 3 is 2.68 bits per heavy atom. The van der Waals surface area contributed by atoms with E-state index in [0.717, 1.165) is 23.7 Å². The van der Waals surface area contributed by atoms with Gasteiger partial charge >= 0.3 is 6.03 Å². The monoisotopic (exact) mass is 414 g/mol. The van der Waals surface area contributed by atoms with Crippen molar-refractivity contribution in [1.29, 1.82) is 0 Å². The molecule has 0 saturated carbocycles. The summed E-state index contributed by atoms with van der Waals surface area (Å²) in [6.07, 6.45) is 2.08. The molecule has 28 heavy (non-hydrogen) atoms. The summed E-state index contributed by atoms with van der Waals surface area (Å²) in [5.41, 5.74) is 1.76. The fourth-order valence-corrected chi connectivity index (χ4v) is 4.93. The van der Waals surface area contributed by atoms with Gasteiger partial charge in [0.2, 0.25) is 0 Å². The van der Waals surface area contributed by atoms with Crippen molar-refractivity contribution in [2.24, 2.45) is 0 Å². The molecule has 2 amide bonds. The molecule has 0 spiro atoms. The molecule has 0 radical (unpaired) electrons. The summed E-state index contributed by atoms with van der Waals surface area (Å²) in [7, 11) is 1.60. The molecule has 1 N–H and O–H groups in total. The van der Waals surface area contributed by atoms with E-state index < -0.39 is 0 Å². The van der Waals surface area contributed by atoms with Crippen molar-refractivity contribution in [3.05, 3.63) is 42.5 Å². The number of carbonyl (C=O) groups is 1. The molecular formula is C20H22N4O2S2. The number of amides is 2. The summed E-state index contributed by atoms with van der Waals surface area (Å²) >= 11 is 3.44. The van der Waals surface area contributed by atoms with E-state index in [0.29, 0.717) is 24.5 Å². The molecule has 6 nitrogen and oxygen atoms in total. The van der Waals surface area contributed by atoms with Gasteiger partial charge in [0.15, 0.2) is 5.13 Å². The topological polar surface area (TPSA) is 57.7 Å². The molecule has 8 heteroatoms. The van der Waals surface area contributed by atoms with E-state index in [4.69, 9.17) is 9.72 Å². The van der Waals surface area contributed by atoms with Gasteiger partial charge in [-0.25, -0.2) is 9.78 Å². The van der Waals surface area contributed by atoms with Gasteiger partial charge in [0.1, 0.15) is 5.75 Å². The third-order valence-electron chi connectivity index (χ3n) is 4.78. The minimum absolute atomic E-state index is 0.0990. The first kappa shape index (κ1) is 18.9. The standard InChI is InChI=1S/C20H22N4O2S2/c1-26-15-7-4-3-6-14(15)21-19(25)23-10-12-24(13-11-23)20-22-18-16(27-2)8-5-9-17(18)28-20/h3-9H,10-13H2,1-2H3,(H,21,25). The van der Waals surface area contributed by atoms with Gasteiger partial charge in [0.05, 0.1) is 23.0 Å². The van der Waals surface area contributed by atoms with Crippen LogP contribution in [0.25, 0.3) is 10.2 Å². The third-order valence-corrected chi connectivity index (χ3v) is 6.63. The SMILES string of the molecule is COc1ccccc1NC(=O)N1CCN(c2nc3c(SC)cccc3s2)CC1. The Labute approximate surface area is 172 Å². The van der Waals surface area contributed by atoms with Crippen LogP contribution >= 0.6 is 23.1 Å². The summed E-state index contributed by atoms with van der Waals surface area (Å²) in [4.78, 5) is 22.8. The average Bonchev–Trinajstić information content (AvgIpc) is 3.18. The van der Waals surface area contributed by atoms with Gasteiger partial charge in [-0.15, -0.1) is 11.8 Å². The van der Waals surface area contributed by atoms with Crippen LogP contribution in [0.15, 0.2) is 47.4 Å². The first-order valence-electron chi connectivity index (χ1n) is 9.07. The fraction of sp³-hybridized carbons (Fsp3) is 0.300. The summed E-state index contributed by atoms with van der Waals surface area (Å²) < 4.78 is 6.51. The Morgan fingerprint density at radius 2 is 1.93 bits per heavy atom. The van der Waals surface area contributed by atoms with Crippen LogP contribution < -0.4 is 15.0 Å². The van der Waals surface area contributed by atoms with Crippen molar-refractivity contribution in [3.63, 3.8) is 0 Å². The first-order chi connectivity index (χ1) is 13.7. The quantitative estimate of drug-likeness (QED) is 0.642. The van der Waals surface area contributed by atoms with Crippen molar-refractivity contribution in [2.75, 3.05) is 49.8 Å². The van der Waals surface area contributed by atoms with E-state index in [1.165, 1.54) is 9.60 Å². The maximum atomic E-state index is 12.6. The molecule has 3 aromatic rings. The number of aromatic nitrogens is 1. The van der Waals surface area contributed by atoms with Crippen molar-refractivity contribution in [1.82, 2.24) is 9.88 Å². The first-order valence-corrected chi connectivity index (χ1v) is 11.1. The molecule has 2 heterocycles. The number of thioether (sulfide) groups is 1. The van der Waals surface area contributed by atoms with Crippen molar-refractivity contribution in [2.45, 2.75) is 4.90 Å². The Bertz CT molecular complexity index is 983. The van der Waals surface area contributed by atoms with E-state index in [1.807, 2.05) is 29.2 Å². The number of fused-ring (bicyclic) bond motifs is 1. The van der Waals surface area contributed by atoms with Gasteiger partial charge in [-0.3, -0.25) is 0 Å². The number of rotatable bonds is 4. The van der Waals surface area contributed by atoms with Crippen molar-refractivity contribution >= 4 is 50.2 Å². The second-order valence-electron chi connectivity index (χ2n) is 6.41. The molecule has 0 aliphatic carbocycles. The van der Waals surface area contributed by atoms with E-state index >= 15 is 0 Å². The number of piperazine rings is 1. The number of hydrogen-bond acceptors (Lipinski definition) is 6. The number of urea groups is 1. The maximum absolute atomic E-state index is 12.6. The predicted octanol–water partition coefficient (Wildman–Crippen LogP) is 4.38. The van der Waals surface area contributed by atoms with E-state index in [9.17, 15) is 4.79 Å². The van der Waals surface area contributed by atoms with Crippen LogP contribution in [-0.4, -0.2) is 55.5 Å². The fourth-order valence-electron chi connectivity index (χ4n) is 3.25. The Morgan fingerprint density at radius 1 is 1.14 bits per heavy atom. The Kier molecular flexibility index (Phi) is 5.59. The van der Waals surface area contributed by atoms with Crippen LogP contribution in [0, 0.1) is 0 Å². The van der Waals surface area contributed by atoms with Crippen LogP contribution in [-0.2, 0) is 0 Å². The summed E-state index contributed by atoms with van der Waals surface area (Å²) in [5, 5.41) is 3.98. The zero-order valence-electron chi connectivity index (χ0n) is 15.8. The average molecular weight is 415 g/mol. The number of anilines is 2. The second kappa shape index (κ2) is 8.28. The van der Waals surface area contributed by atoms with E-state index in [2.05, 4.69) is 34.7 Å². The van der Waals surface area contributed by atoms with E-state index in [1.54, 1.807) is 30.2 Å². The molecule has 1 aliphatic heterocycles. The highest BCUT2D eigenvalue weighted by Gasteiger charge is 2.24. The number of para-hydroxylation sites is 3. The van der Waals surface area contributed by atoms with E-state index in [-0.39, 0.29) is 6.03 Å². The number of ether oxygens (including phenoxy) is 1. The molecule has 146 valence electrons. The molecular weight excluding hydrogens is 392 g/mol. The van der Waals surface area contributed by atoms with Crippen molar-refractivity contribution < 1.29 is 9.53 Å². The number of carbonyl (C=O) groups excluding carboxylic acids is 1. The predicted molar refractivity (Wildman–Crippen MR) is 117 cm³/mol. The zero-order valence-corrected chi connectivity index (χ0v) is 17.5. The molecule has 0 bridgehead atoms. The number of nitrogens with zero attached hydrogens (tertiary/aromatic N) is 3. The molecule has 0 unspecified atom stereocenters. The van der Waals surface area contributed by atoms with Crippen molar-refractivity contribution in [3.8, 4) is 5.75 Å². The Balaban J connectivity index is 1.41. The molecule has 1 aromatic heterocycles. The summed E-state index contributed by atoms with van der Waals surface area (Å²) in [6.45, 7) is 2.86. The van der Waals surface area contributed by atoms with Crippen LogP contribution in [0.5, 0.6) is 5.75 Å². The highest BCUT2D eigenvalue weighted by atomic mass is 32.2.